The zero-order valence-electron chi connectivity index (χ0n) is 21.1. The second-order valence-corrected chi connectivity index (χ2v) is 10.5. The summed E-state index contributed by atoms with van der Waals surface area (Å²) in [5.41, 5.74) is 2.76. The molecule has 0 bridgehead atoms. The van der Waals surface area contributed by atoms with Gasteiger partial charge in [0.2, 0.25) is 5.91 Å². The first kappa shape index (κ1) is 25.9. The molecule has 0 saturated carbocycles. The molecule has 190 valence electrons. The van der Waals surface area contributed by atoms with E-state index in [0.29, 0.717) is 24.4 Å². The number of hydrogen-bond acceptors (Lipinski definition) is 4. The number of carbonyl (C=O) groups is 2. The minimum atomic E-state index is -0.323. The van der Waals surface area contributed by atoms with Gasteiger partial charge in [0.15, 0.2) is 0 Å². The summed E-state index contributed by atoms with van der Waals surface area (Å²) >= 11 is 1.69. The van der Waals surface area contributed by atoms with Gasteiger partial charge < -0.3 is 14.5 Å². The van der Waals surface area contributed by atoms with Crippen LogP contribution in [0.15, 0.2) is 60.0 Å². The van der Waals surface area contributed by atoms with Gasteiger partial charge in [-0.25, -0.2) is 4.39 Å². The van der Waals surface area contributed by atoms with Gasteiger partial charge in [-0.1, -0.05) is 38.0 Å². The summed E-state index contributed by atoms with van der Waals surface area (Å²) in [4.78, 5) is 31.9. The van der Waals surface area contributed by atoms with Gasteiger partial charge in [0, 0.05) is 23.5 Å². The molecule has 1 aliphatic rings. The van der Waals surface area contributed by atoms with Crippen molar-refractivity contribution in [3.63, 3.8) is 0 Å². The molecule has 0 radical (unpaired) electrons. The summed E-state index contributed by atoms with van der Waals surface area (Å²) in [7, 11) is 0. The molecule has 0 saturated heterocycles. The Labute approximate surface area is 216 Å². The van der Waals surface area contributed by atoms with E-state index in [4.69, 9.17) is 4.74 Å². The molecule has 2 heterocycles. The van der Waals surface area contributed by atoms with Crippen LogP contribution < -0.4 is 4.74 Å². The van der Waals surface area contributed by atoms with Crippen molar-refractivity contribution >= 4 is 23.2 Å². The van der Waals surface area contributed by atoms with Gasteiger partial charge in [-0.05, 0) is 72.7 Å². The lowest BCUT2D eigenvalue weighted by atomic mass is 10.00. The molecule has 2 aromatic carbocycles. The number of nitrogens with zero attached hydrogens (tertiary/aromatic N) is 2. The van der Waals surface area contributed by atoms with Gasteiger partial charge >= 0.3 is 0 Å². The van der Waals surface area contributed by atoms with Crippen LogP contribution in [0.2, 0.25) is 0 Å². The van der Waals surface area contributed by atoms with Crippen molar-refractivity contribution in [2.75, 3.05) is 26.2 Å². The molecular formula is C29H33FN2O3S. The van der Waals surface area contributed by atoms with Crippen molar-refractivity contribution < 1.29 is 18.7 Å². The molecule has 0 spiro atoms. The highest BCUT2D eigenvalue weighted by molar-refractivity contribution is 7.10. The number of fused-ring (bicyclic) bond motifs is 1. The number of rotatable bonds is 9. The highest BCUT2D eigenvalue weighted by atomic mass is 32.1. The number of thiophene rings is 1. The van der Waals surface area contributed by atoms with Gasteiger partial charge in [0.25, 0.3) is 5.91 Å². The average molecular weight is 509 g/mol. The molecule has 3 aromatic rings. The van der Waals surface area contributed by atoms with E-state index in [2.05, 4.69) is 13.8 Å². The van der Waals surface area contributed by atoms with Crippen LogP contribution in [0.25, 0.3) is 0 Å². The first-order valence-electron chi connectivity index (χ1n) is 12.5. The molecule has 1 aromatic heterocycles. The van der Waals surface area contributed by atoms with Crippen molar-refractivity contribution in [1.82, 2.24) is 9.80 Å². The Bertz CT molecular complexity index is 1180. The quantitative estimate of drug-likeness (QED) is 0.362. The Morgan fingerprint density at radius 1 is 1.14 bits per heavy atom. The number of halogens is 1. The molecule has 0 N–H and O–H groups in total. The lowest BCUT2D eigenvalue weighted by Crippen LogP contribution is -2.48. The van der Waals surface area contributed by atoms with Gasteiger partial charge in [-0.2, -0.15) is 0 Å². The lowest BCUT2D eigenvalue weighted by molar-refractivity contribution is -0.135. The van der Waals surface area contributed by atoms with Gasteiger partial charge in [-0.15, -0.1) is 11.3 Å². The van der Waals surface area contributed by atoms with E-state index in [1.54, 1.807) is 28.4 Å². The topological polar surface area (TPSA) is 49.9 Å². The van der Waals surface area contributed by atoms with Crippen LogP contribution >= 0.6 is 11.3 Å². The molecule has 36 heavy (non-hydrogen) atoms. The van der Waals surface area contributed by atoms with E-state index < -0.39 is 0 Å². The molecular weight excluding hydrogens is 475 g/mol. The number of carbonyl (C=O) groups excluding carboxylic acids is 2. The maximum Gasteiger partial charge on any atom is 0.254 e. The smallest absolute Gasteiger partial charge is 0.254 e. The Balaban J connectivity index is 1.53. The highest BCUT2D eigenvalue weighted by Gasteiger charge is 2.34. The van der Waals surface area contributed by atoms with Crippen molar-refractivity contribution in [3.05, 3.63) is 87.4 Å². The third-order valence-corrected chi connectivity index (χ3v) is 7.77. The van der Waals surface area contributed by atoms with E-state index in [9.17, 15) is 14.0 Å². The summed E-state index contributed by atoms with van der Waals surface area (Å²) in [6.45, 7) is 7.53. The summed E-state index contributed by atoms with van der Waals surface area (Å²) < 4.78 is 19.3. The fourth-order valence-electron chi connectivity index (χ4n) is 4.44. The zero-order valence-corrected chi connectivity index (χ0v) is 21.9. The molecule has 1 aliphatic heterocycles. The van der Waals surface area contributed by atoms with Crippen LogP contribution in [0.3, 0.4) is 0 Å². The third-order valence-electron chi connectivity index (χ3n) is 6.78. The highest BCUT2D eigenvalue weighted by Crippen LogP contribution is 2.34. The van der Waals surface area contributed by atoms with Gasteiger partial charge in [-0.3, -0.25) is 9.59 Å². The summed E-state index contributed by atoms with van der Waals surface area (Å²) in [5, 5.41) is 2.04. The molecule has 2 atom stereocenters. The molecule has 4 rings (SSSR count). The number of hydrogen-bond donors (Lipinski definition) is 0. The third kappa shape index (κ3) is 6.13. The molecule has 7 heteroatoms. The normalized spacial score (nSPS) is 15.8. The zero-order chi connectivity index (χ0) is 25.7. The fourth-order valence-corrected chi connectivity index (χ4v) is 5.37. The van der Waals surface area contributed by atoms with Gasteiger partial charge in [0.05, 0.1) is 6.04 Å². The van der Waals surface area contributed by atoms with E-state index in [1.165, 1.54) is 17.0 Å². The first-order chi connectivity index (χ1) is 17.4. The summed E-state index contributed by atoms with van der Waals surface area (Å²) in [6, 6.07) is 15.2. The Hall–Kier alpha value is -3.19. The van der Waals surface area contributed by atoms with Crippen molar-refractivity contribution in [2.45, 2.75) is 39.7 Å². The minimum absolute atomic E-state index is 0.0174. The fraction of sp³-hybridized carbons (Fsp3) is 0.379. The average Bonchev–Trinajstić information content (AvgIpc) is 3.37. The van der Waals surface area contributed by atoms with Crippen LogP contribution in [-0.4, -0.2) is 47.9 Å². The van der Waals surface area contributed by atoms with E-state index in [1.807, 2.05) is 47.5 Å². The molecule has 0 aliphatic carbocycles. The Morgan fingerprint density at radius 2 is 1.86 bits per heavy atom. The van der Waals surface area contributed by atoms with E-state index in [-0.39, 0.29) is 42.7 Å². The lowest BCUT2D eigenvalue weighted by Gasteiger charge is -2.37. The number of aryl methyl sites for hydroxylation is 1. The van der Waals surface area contributed by atoms with Crippen molar-refractivity contribution in [1.29, 1.82) is 0 Å². The van der Waals surface area contributed by atoms with Crippen LogP contribution in [0.1, 0.15) is 52.7 Å². The van der Waals surface area contributed by atoms with E-state index >= 15 is 0 Å². The summed E-state index contributed by atoms with van der Waals surface area (Å²) in [5.74, 6) is 0.282. The first-order valence-corrected chi connectivity index (χ1v) is 13.3. The second kappa shape index (κ2) is 11.7. The largest absolute Gasteiger partial charge is 0.491 e. The Kier molecular flexibility index (Phi) is 8.41. The molecule has 2 unspecified atom stereocenters. The maximum atomic E-state index is 13.7. The van der Waals surface area contributed by atoms with Crippen LogP contribution in [0, 0.1) is 18.7 Å². The van der Waals surface area contributed by atoms with E-state index in [0.717, 1.165) is 24.0 Å². The second-order valence-electron chi connectivity index (χ2n) is 9.48. The SMILES string of the molecule is CCC(C)CN(CC(=O)N1CCc2sccc2C1COc1ccc(F)cc1)C(=O)c1ccc(C)cc1. The minimum Gasteiger partial charge on any atom is -0.491 e. The van der Waals surface area contributed by atoms with Crippen LogP contribution in [0.4, 0.5) is 4.39 Å². The van der Waals surface area contributed by atoms with Gasteiger partial charge in [0.1, 0.15) is 24.7 Å². The number of ether oxygens (including phenoxy) is 1. The predicted octanol–water partition coefficient (Wildman–Crippen LogP) is 5.89. The maximum absolute atomic E-state index is 13.7. The van der Waals surface area contributed by atoms with Crippen LogP contribution in [0.5, 0.6) is 5.75 Å². The standard InChI is InChI=1S/C29H33FN2O3S/c1-4-20(2)17-31(29(34)22-7-5-21(3)6-8-22)18-28(33)32-15-13-27-25(14-16-36-27)26(32)19-35-24-11-9-23(30)10-12-24/h5-12,14,16,20,26H,4,13,15,17-19H2,1-3H3. The number of benzene rings is 2. The molecule has 2 amide bonds. The molecule has 5 nitrogen and oxygen atoms in total. The van der Waals surface area contributed by atoms with Crippen LogP contribution in [-0.2, 0) is 11.2 Å². The molecule has 0 fully saturated rings. The van der Waals surface area contributed by atoms with Crippen molar-refractivity contribution in [2.24, 2.45) is 5.92 Å². The van der Waals surface area contributed by atoms with Crippen molar-refractivity contribution in [3.8, 4) is 5.75 Å². The predicted molar refractivity (Wildman–Crippen MR) is 141 cm³/mol. The Morgan fingerprint density at radius 3 is 2.56 bits per heavy atom. The summed E-state index contributed by atoms with van der Waals surface area (Å²) in [6.07, 6.45) is 1.70. The monoisotopic (exact) mass is 508 g/mol. The number of amides is 2.